The molecule has 0 aliphatic heterocycles. The topological polar surface area (TPSA) is 52.9 Å². The summed E-state index contributed by atoms with van der Waals surface area (Å²) in [7, 11) is 0. The van der Waals surface area contributed by atoms with E-state index in [1.165, 1.54) is 19.3 Å². The molecule has 1 atom stereocenters. The van der Waals surface area contributed by atoms with Gasteiger partial charge < -0.3 is 5.32 Å². The first-order valence-electron chi connectivity index (χ1n) is 8.03. The van der Waals surface area contributed by atoms with Crippen LogP contribution in [0.2, 0.25) is 0 Å². The molecule has 0 aromatic carbocycles. The highest BCUT2D eigenvalue weighted by molar-refractivity contribution is 5.82. The molecule has 4 fully saturated rings. The van der Waals surface area contributed by atoms with Crippen molar-refractivity contribution in [2.45, 2.75) is 65.3 Å². The molecule has 1 unspecified atom stereocenters. The summed E-state index contributed by atoms with van der Waals surface area (Å²) in [5.74, 6) is 2.44. The van der Waals surface area contributed by atoms with Gasteiger partial charge in [-0.1, -0.05) is 20.8 Å². The van der Waals surface area contributed by atoms with E-state index in [2.05, 4.69) is 11.4 Å². The van der Waals surface area contributed by atoms with Crippen molar-refractivity contribution < 1.29 is 4.79 Å². The minimum Gasteiger partial charge on any atom is -0.339 e. The van der Waals surface area contributed by atoms with Gasteiger partial charge in [0.15, 0.2) is 0 Å². The van der Waals surface area contributed by atoms with Crippen LogP contribution in [-0.2, 0) is 4.79 Å². The Morgan fingerprint density at radius 2 is 1.60 bits per heavy atom. The molecule has 1 amide bonds. The fraction of sp³-hybridized carbons (Fsp3) is 0.882. The van der Waals surface area contributed by atoms with Gasteiger partial charge in [0.1, 0.15) is 6.04 Å². The van der Waals surface area contributed by atoms with E-state index >= 15 is 0 Å². The predicted molar refractivity (Wildman–Crippen MR) is 77.6 cm³/mol. The Labute approximate surface area is 122 Å². The number of rotatable bonds is 2. The van der Waals surface area contributed by atoms with Gasteiger partial charge in [0.2, 0.25) is 5.91 Å². The van der Waals surface area contributed by atoms with Crippen LogP contribution < -0.4 is 5.32 Å². The van der Waals surface area contributed by atoms with E-state index in [1.807, 2.05) is 20.8 Å². The number of carbonyl (C=O) groups excluding carboxylic acids is 1. The number of nitrogens with zero attached hydrogens (tertiary/aromatic N) is 1. The van der Waals surface area contributed by atoms with Crippen molar-refractivity contribution in [3.8, 4) is 6.07 Å². The molecule has 4 bridgehead atoms. The second kappa shape index (κ2) is 4.48. The lowest BCUT2D eigenvalue weighted by molar-refractivity contribution is -0.132. The fourth-order valence-corrected chi connectivity index (χ4v) is 5.20. The van der Waals surface area contributed by atoms with Crippen LogP contribution >= 0.6 is 0 Å². The van der Waals surface area contributed by atoms with E-state index in [4.69, 9.17) is 0 Å². The molecule has 0 radical (unpaired) electrons. The van der Waals surface area contributed by atoms with E-state index in [-0.39, 0.29) is 17.4 Å². The molecule has 20 heavy (non-hydrogen) atoms. The average Bonchev–Trinajstić information content (AvgIpc) is 2.32. The number of nitriles is 1. The predicted octanol–water partition coefficient (Wildman–Crippen LogP) is 3.26. The van der Waals surface area contributed by atoms with Gasteiger partial charge in [0.25, 0.3) is 0 Å². The van der Waals surface area contributed by atoms with Crippen LogP contribution in [0.25, 0.3) is 0 Å². The Balaban J connectivity index is 1.80. The molecule has 3 nitrogen and oxygen atoms in total. The maximum absolute atomic E-state index is 12.3. The second-order valence-electron chi connectivity index (χ2n) is 8.57. The van der Waals surface area contributed by atoms with Crippen LogP contribution in [0.15, 0.2) is 0 Å². The fourth-order valence-electron chi connectivity index (χ4n) is 5.20. The van der Waals surface area contributed by atoms with Gasteiger partial charge in [-0.2, -0.15) is 5.26 Å². The molecule has 1 N–H and O–H groups in total. The molecule has 4 aliphatic rings. The maximum Gasteiger partial charge on any atom is 0.226 e. The van der Waals surface area contributed by atoms with Gasteiger partial charge in [-0.15, -0.1) is 0 Å². The molecule has 4 rings (SSSR count). The highest BCUT2D eigenvalue weighted by atomic mass is 16.2. The third-order valence-electron chi connectivity index (χ3n) is 5.78. The molecule has 0 spiro atoms. The normalized spacial score (nSPS) is 40.2. The lowest BCUT2D eigenvalue weighted by Gasteiger charge is -2.58. The van der Waals surface area contributed by atoms with Crippen molar-refractivity contribution >= 4 is 5.91 Å². The molecular formula is C17H26N2O. The van der Waals surface area contributed by atoms with Gasteiger partial charge in [-0.3, -0.25) is 4.79 Å². The van der Waals surface area contributed by atoms with Gasteiger partial charge in [0.05, 0.1) is 6.07 Å². The first kappa shape index (κ1) is 13.9. The van der Waals surface area contributed by atoms with E-state index in [0.717, 1.165) is 37.0 Å². The van der Waals surface area contributed by atoms with Crippen molar-refractivity contribution in [1.82, 2.24) is 5.32 Å². The molecular weight excluding hydrogens is 248 g/mol. The van der Waals surface area contributed by atoms with Gasteiger partial charge >= 0.3 is 0 Å². The Morgan fingerprint density at radius 1 is 1.15 bits per heavy atom. The van der Waals surface area contributed by atoms with E-state index in [0.29, 0.717) is 0 Å². The highest BCUT2D eigenvalue weighted by Gasteiger charge is 2.55. The lowest BCUT2D eigenvalue weighted by atomic mass is 9.48. The second-order valence-corrected chi connectivity index (χ2v) is 8.57. The van der Waals surface area contributed by atoms with Crippen LogP contribution in [0.3, 0.4) is 0 Å². The molecule has 0 saturated heterocycles. The molecule has 0 aromatic heterocycles. The molecule has 4 aliphatic carbocycles. The third-order valence-corrected chi connectivity index (χ3v) is 5.78. The zero-order valence-corrected chi connectivity index (χ0v) is 12.9. The minimum atomic E-state index is -0.419. The third kappa shape index (κ3) is 2.24. The summed E-state index contributed by atoms with van der Waals surface area (Å²) in [6.45, 7) is 5.74. The first-order chi connectivity index (χ1) is 9.32. The summed E-state index contributed by atoms with van der Waals surface area (Å²) in [5.41, 5.74) is -0.345. The van der Waals surface area contributed by atoms with E-state index < -0.39 is 5.41 Å². The van der Waals surface area contributed by atoms with Crippen LogP contribution in [0.5, 0.6) is 0 Å². The largest absolute Gasteiger partial charge is 0.339 e. The highest BCUT2D eigenvalue weighted by Crippen LogP contribution is 2.61. The van der Waals surface area contributed by atoms with Crippen molar-refractivity contribution in [3.63, 3.8) is 0 Å². The summed E-state index contributed by atoms with van der Waals surface area (Å²) in [4.78, 5) is 12.3. The standard InChI is InChI=1S/C17H26N2O/c1-16(2,3)15(20)19-14(10-18)17-7-11-4-12(8-17)6-13(5-11)9-17/h11-14H,4-9H2,1-3H3,(H,19,20). The van der Waals surface area contributed by atoms with Crippen LogP contribution in [-0.4, -0.2) is 11.9 Å². The quantitative estimate of drug-likeness (QED) is 0.840. The smallest absolute Gasteiger partial charge is 0.226 e. The van der Waals surface area contributed by atoms with Crippen LogP contribution in [0.1, 0.15) is 59.3 Å². The van der Waals surface area contributed by atoms with Crippen LogP contribution in [0, 0.1) is 39.9 Å². The summed E-state index contributed by atoms with van der Waals surface area (Å²) in [5, 5.41) is 12.7. The lowest BCUT2D eigenvalue weighted by Crippen LogP contribution is -2.57. The minimum absolute atomic E-state index is 0.0137. The summed E-state index contributed by atoms with van der Waals surface area (Å²) >= 11 is 0. The first-order valence-corrected chi connectivity index (χ1v) is 8.03. The van der Waals surface area contributed by atoms with Crippen LogP contribution in [0.4, 0.5) is 0 Å². The van der Waals surface area contributed by atoms with E-state index in [9.17, 15) is 10.1 Å². The number of nitrogens with one attached hydrogen (secondary N) is 1. The van der Waals surface area contributed by atoms with Gasteiger partial charge in [-0.25, -0.2) is 0 Å². The number of hydrogen-bond acceptors (Lipinski definition) is 2. The Hall–Kier alpha value is -1.04. The number of hydrogen-bond donors (Lipinski definition) is 1. The summed E-state index contributed by atoms with van der Waals surface area (Å²) < 4.78 is 0. The van der Waals surface area contributed by atoms with Crippen molar-refractivity contribution in [2.75, 3.05) is 0 Å². The monoisotopic (exact) mass is 274 g/mol. The summed E-state index contributed by atoms with van der Waals surface area (Å²) in [6.07, 6.45) is 7.56. The van der Waals surface area contributed by atoms with Gasteiger partial charge in [-0.05, 0) is 56.3 Å². The SMILES string of the molecule is CC(C)(C)C(=O)NC(C#N)C12CC3CC(CC(C3)C1)C2. The van der Waals surface area contributed by atoms with Gasteiger partial charge in [0, 0.05) is 10.8 Å². The Bertz CT molecular complexity index is 419. The van der Waals surface area contributed by atoms with Crippen molar-refractivity contribution in [2.24, 2.45) is 28.6 Å². The molecule has 3 heteroatoms. The maximum atomic E-state index is 12.3. The van der Waals surface area contributed by atoms with Crippen molar-refractivity contribution in [3.05, 3.63) is 0 Å². The van der Waals surface area contributed by atoms with Crippen molar-refractivity contribution in [1.29, 1.82) is 5.26 Å². The number of carbonyl (C=O) groups is 1. The zero-order chi connectivity index (χ0) is 14.5. The zero-order valence-electron chi connectivity index (χ0n) is 12.9. The molecule has 0 aromatic rings. The molecule has 110 valence electrons. The summed E-state index contributed by atoms with van der Waals surface area (Å²) in [6, 6.07) is 2.14. The average molecular weight is 274 g/mol. The Morgan fingerprint density at radius 3 is 1.95 bits per heavy atom. The Kier molecular flexibility index (Phi) is 3.12. The number of amides is 1. The molecule has 4 saturated carbocycles. The molecule has 0 heterocycles. The van der Waals surface area contributed by atoms with E-state index in [1.54, 1.807) is 0 Å².